The fraction of sp³-hybridized carbons (Fsp3) is 0.375. The van der Waals surface area contributed by atoms with E-state index in [1.807, 2.05) is 12.1 Å². The first-order valence-electron chi connectivity index (χ1n) is 13.4. The minimum absolute atomic E-state index is 0.0647. The summed E-state index contributed by atoms with van der Waals surface area (Å²) in [5.41, 5.74) is 7.07. The molecule has 5 aromatic rings. The van der Waals surface area contributed by atoms with Gasteiger partial charge in [0.2, 0.25) is 0 Å². The number of hydrogen-bond acceptors (Lipinski definition) is 5. The fourth-order valence-electron chi connectivity index (χ4n) is 6.63. The molecule has 0 unspecified atom stereocenters. The molecule has 0 bridgehead atoms. The van der Waals surface area contributed by atoms with Crippen LogP contribution in [0.3, 0.4) is 0 Å². The van der Waals surface area contributed by atoms with E-state index in [1.54, 1.807) is 11.3 Å². The molecule has 0 radical (unpaired) electrons. The molecule has 37 heavy (non-hydrogen) atoms. The maximum Gasteiger partial charge on any atom is 0.346 e. The Kier molecular flexibility index (Phi) is 4.76. The summed E-state index contributed by atoms with van der Waals surface area (Å²) in [4.78, 5) is 21.4. The predicted octanol–water partition coefficient (Wildman–Crippen LogP) is 7.95. The van der Waals surface area contributed by atoms with Crippen molar-refractivity contribution in [1.82, 2.24) is 4.98 Å². The van der Waals surface area contributed by atoms with Gasteiger partial charge >= 0.3 is 5.63 Å². The molecule has 2 aliphatic rings. The summed E-state index contributed by atoms with van der Waals surface area (Å²) < 4.78 is 7.42. The highest BCUT2D eigenvalue weighted by atomic mass is 32.1. The van der Waals surface area contributed by atoms with E-state index in [4.69, 9.17) is 9.40 Å². The molecular weight excluding hydrogens is 476 g/mol. The average Bonchev–Trinajstić information content (AvgIpc) is 3.30. The third-order valence-electron chi connectivity index (χ3n) is 8.86. The van der Waals surface area contributed by atoms with Gasteiger partial charge in [0.15, 0.2) is 0 Å². The van der Waals surface area contributed by atoms with Gasteiger partial charge in [0.05, 0.1) is 15.8 Å². The minimum Gasteiger partial charge on any atom is -0.422 e. The van der Waals surface area contributed by atoms with Crippen molar-refractivity contribution in [3.05, 3.63) is 69.6 Å². The standard InChI is InChI=1S/C32H32N2O2S/c1-6-19-21-17-22-27-25(32(4,5)14-16-34(27)15-13-31(22,2)3)28(21)36-30(35)24(19)29-33-26-20-10-8-7-9-18(20)11-12-23(26)37-29/h7-12,17H,6,13-16H2,1-5H3. The monoisotopic (exact) mass is 508 g/mol. The van der Waals surface area contributed by atoms with Crippen LogP contribution in [0.5, 0.6) is 0 Å². The number of aromatic nitrogens is 1. The van der Waals surface area contributed by atoms with E-state index in [0.717, 1.165) is 74.9 Å². The van der Waals surface area contributed by atoms with Gasteiger partial charge in [-0.25, -0.2) is 9.78 Å². The second kappa shape index (κ2) is 7.67. The average molecular weight is 509 g/mol. The maximum atomic E-state index is 13.8. The second-order valence-electron chi connectivity index (χ2n) is 12.0. The molecule has 0 aliphatic carbocycles. The van der Waals surface area contributed by atoms with E-state index >= 15 is 0 Å². The van der Waals surface area contributed by atoms with Crippen molar-refractivity contribution < 1.29 is 4.42 Å². The van der Waals surface area contributed by atoms with Gasteiger partial charge in [0.25, 0.3) is 0 Å². The Labute approximate surface area is 220 Å². The third-order valence-corrected chi connectivity index (χ3v) is 9.90. The van der Waals surface area contributed by atoms with Gasteiger partial charge in [-0.3, -0.25) is 0 Å². The van der Waals surface area contributed by atoms with Crippen LogP contribution in [0.2, 0.25) is 0 Å². The molecule has 2 aliphatic heterocycles. The van der Waals surface area contributed by atoms with Crippen LogP contribution in [-0.4, -0.2) is 18.1 Å². The van der Waals surface area contributed by atoms with Gasteiger partial charge in [0.1, 0.15) is 10.6 Å². The molecule has 5 heteroatoms. The molecule has 4 nitrogen and oxygen atoms in total. The van der Waals surface area contributed by atoms with E-state index in [0.29, 0.717) is 5.56 Å². The van der Waals surface area contributed by atoms with Gasteiger partial charge in [0, 0.05) is 35.1 Å². The highest BCUT2D eigenvalue weighted by molar-refractivity contribution is 7.21. The quantitative estimate of drug-likeness (QED) is 0.227. The van der Waals surface area contributed by atoms with E-state index < -0.39 is 0 Å². The van der Waals surface area contributed by atoms with Crippen molar-refractivity contribution in [2.45, 2.75) is 64.7 Å². The third kappa shape index (κ3) is 3.19. The maximum absolute atomic E-state index is 13.8. The minimum atomic E-state index is -0.271. The van der Waals surface area contributed by atoms with E-state index in [-0.39, 0.29) is 16.5 Å². The lowest BCUT2D eigenvalue weighted by Crippen LogP contribution is -2.44. The number of benzene rings is 3. The van der Waals surface area contributed by atoms with Crippen LogP contribution in [0, 0.1) is 0 Å². The van der Waals surface area contributed by atoms with Crippen molar-refractivity contribution in [2.24, 2.45) is 0 Å². The summed E-state index contributed by atoms with van der Waals surface area (Å²) in [7, 11) is 0. The molecule has 0 amide bonds. The Morgan fingerprint density at radius 2 is 1.76 bits per heavy atom. The van der Waals surface area contributed by atoms with E-state index in [2.05, 4.69) is 69.9 Å². The Hall–Kier alpha value is -3.18. The lowest BCUT2D eigenvalue weighted by Gasteiger charge is -2.48. The molecule has 7 rings (SSSR count). The first-order chi connectivity index (χ1) is 17.7. The molecule has 4 heterocycles. The molecule has 0 atom stereocenters. The number of fused-ring (bicyclic) bond motifs is 5. The first kappa shape index (κ1) is 23.0. The second-order valence-corrected chi connectivity index (χ2v) is 13.1. The first-order valence-corrected chi connectivity index (χ1v) is 14.2. The summed E-state index contributed by atoms with van der Waals surface area (Å²) >= 11 is 1.59. The zero-order valence-corrected chi connectivity index (χ0v) is 23.0. The Bertz CT molecular complexity index is 1810. The zero-order chi connectivity index (χ0) is 25.7. The van der Waals surface area contributed by atoms with Gasteiger partial charge in [-0.05, 0) is 58.7 Å². The highest BCUT2D eigenvalue weighted by Crippen LogP contribution is 2.52. The fourth-order valence-corrected chi connectivity index (χ4v) is 7.68. The van der Waals surface area contributed by atoms with Crippen molar-refractivity contribution >= 4 is 49.0 Å². The van der Waals surface area contributed by atoms with Gasteiger partial charge in [-0.1, -0.05) is 65.0 Å². The molecule has 188 valence electrons. The van der Waals surface area contributed by atoms with Crippen LogP contribution >= 0.6 is 11.3 Å². The molecule has 0 N–H and O–H groups in total. The molecular formula is C32H32N2O2S. The van der Waals surface area contributed by atoms with E-state index in [1.165, 1.54) is 16.8 Å². The Morgan fingerprint density at radius 3 is 2.54 bits per heavy atom. The van der Waals surface area contributed by atoms with Crippen molar-refractivity contribution in [2.75, 3.05) is 18.0 Å². The number of aryl methyl sites for hydroxylation is 1. The van der Waals surface area contributed by atoms with Crippen LogP contribution in [0.15, 0.2) is 51.7 Å². The van der Waals surface area contributed by atoms with Crippen LogP contribution in [-0.2, 0) is 17.3 Å². The van der Waals surface area contributed by atoms with Gasteiger partial charge in [-0.2, -0.15) is 0 Å². The largest absolute Gasteiger partial charge is 0.422 e. The SMILES string of the molecule is CCc1c(-c2nc3c(ccc4ccccc43)s2)c(=O)oc2c3c4c(cc12)C(C)(C)CCN4CCC3(C)C. The van der Waals surface area contributed by atoms with Gasteiger partial charge < -0.3 is 9.32 Å². The topological polar surface area (TPSA) is 46.3 Å². The highest BCUT2D eigenvalue weighted by Gasteiger charge is 2.42. The summed E-state index contributed by atoms with van der Waals surface area (Å²) in [6.45, 7) is 13.6. The summed E-state index contributed by atoms with van der Waals surface area (Å²) in [5.74, 6) is 0. The van der Waals surface area contributed by atoms with Crippen LogP contribution in [0.4, 0.5) is 5.69 Å². The molecule has 0 spiro atoms. The molecule has 0 saturated carbocycles. The smallest absolute Gasteiger partial charge is 0.346 e. The normalized spacial score (nSPS) is 18.0. The number of anilines is 1. The molecule has 0 fully saturated rings. The lowest BCUT2D eigenvalue weighted by molar-refractivity contribution is 0.398. The number of nitrogens with zero attached hydrogens (tertiary/aromatic N) is 2. The number of hydrogen-bond donors (Lipinski definition) is 0. The van der Waals surface area contributed by atoms with Gasteiger partial charge in [-0.15, -0.1) is 11.3 Å². The number of thiazole rings is 1. The van der Waals surface area contributed by atoms with E-state index in [9.17, 15) is 4.79 Å². The van der Waals surface area contributed by atoms with Crippen molar-refractivity contribution in [1.29, 1.82) is 0 Å². The summed E-state index contributed by atoms with van der Waals surface area (Å²) in [6.07, 6.45) is 2.93. The Morgan fingerprint density at radius 1 is 1.00 bits per heavy atom. The number of rotatable bonds is 2. The molecule has 0 saturated heterocycles. The lowest BCUT2D eigenvalue weighted by atomic mass is 9.69. The van der Waals surface area contributed by atoms with Crippen LogP contribution in [0.25, 0.3) is 42.5 Å². The molecule has 3 aromatic carbocycles. The zero-order valence-electron chi connectivity index (χ0n) is 22.2. The van der Waals surface area contributed by atoms with Crippen LogP contribution in [0.1, 0.15) is 64.2 Å². The van der Waals surface area contributed by atoms with Crippen molar-refractivity contribution in [3.8, 4) is 10.6 Å². The predicted molar refractivity (Wildman–Crippen MR) is 155 cm³/mol. The summed E-state index contributed by atoms with van der Waals surface area (Å²) in [5, 5.41) is 4.12. The summed E-state index contributed by atoms with van der Waals surface area (Å²) in [6, 6.07) is 14.9. The Balaban J connectivity index is 1.58. The van der Waals surface area contributed by atoms with Crippen LogP contribution < -0.4 is 10.5 Å². The molecule has 2 aromatic heterocycles. The van der Waals surface area contributed by atoms with Crippen molar-refractivity contribution in [3.63, 3.8) is 0 Å².